The zero-order valence-corrected chi connectivity index (χ0v) is 8.93. The molecule has 0 bridgehead atoms. The van der Waals surface area contributed by atoms with Crippen LogP contribution in [0.15, 0.2) is 0 Å². The van der Waals surface area contributed by atoms with Gasteiger partial charge in [0.1, 0.15) is 6.54 Å². The van der Waals surface area contributed by atoms with Crippen molar-refractivity contribution in [1.82, 2.24) is 4.31 Å². The van der Waals surface area contributed by atoms with E-state index >= 15 is 0 Å². The Hall–Kier alpha value is -0.620. The van der Waals surface area contributed by atoms with Crippen LogP contribution in [0.5, 0.6) is 0 Å². The molecule has 0 amide bonds. The molecule has 0 aliphatic rings. The van der Waals surface area contributed by atoms with Crippen LogP contribution in [-0.2, 0) is 19.6 Å². The third kappa shape index (κ3) is 5.59. The molecule has 0 saturated carbocycles. The second-order valence-electron chi connectivity index (χ2n) is 2.74. The van der Waals surface area contributed by atoms with Gasteiger partial charge in [-0.25, -0.2) is 8.42 Å². The molecule has 0 aromatic rings. The fourth-order valence-electron chi connectivity index (χ4n) is 0.561. The normalized spacial score (nSPS) is 11.7. The molecule has 0 radical (unpaired) electrons. The first kappa shape index (κ1) is 12.4. The van der Waals surface area contributed by atoms with Crippen LogP contribution in [-0.4, -0.2) is 45.1 Å². The molecule has 0 rings (SSSR count). The van der Waals surface area contributed by atoms with Crippen molar-refractivity contribution in [3.8, 4) is 0 Å². The zero-order chi connectivity index (χ0) is 10.5. The van der Waals surface area contributed by atoms with E-state index in [-0.39, 0.29) is 6.54 Å². The van der Waals surface area contributed by atoms with Gasteiger partial charge in [-0.3, -0.25) is 4.79 Å². The number of nitrogens with zero attached hydrogens (tertiary/aromatic N) is 1. The average molecular weight is 209 g/mol. The lowest BCUT2D eigenvalue weighted by atomic mass is 10.5. The Morgan fingerprint density at radius 3 is 2.38 bits per heavy atom. The zero-order valence-electron chi connectivity index (χ0n) is 8.11. The minimum Gasteiger partial charge on any atom is -0.465 e. The summed E-state index contributed by atoms with van der Waals surface area (Å²) in [6.07, 6.45) is 1.77. The van der Waals surface area contributed by atoms with Crippen molar-refractivity contribution < 1.29 is 17.9 Å². The number of likely N-dealkylation sites (N-methyl/N-ethyl adjacent to an activating group) is 1. The van der Waals surface area contributed by atoms with Gasteiger partial charge in [0.2, 0.25) is 10.0 Å². The minimum absolute atomic E-state index is 0.223. The summed E-state index contributed by atoms with van der Waals surface area (Å²) < 4.78 is 27.4. The van der Waals surface area contributed by atoms with Gasteiger partial charge in [0.05, 0.1) is 12.9 Å². The molecule has 0 aromatic heterocycles. The van der Waals surface area contributed by atoms with Crippen molar-refractivity contribution in [2.24, 2.45) is 0 Å². The van der Waals surface area contributed by atoms with E-state index in [1.165, 1.54) is 7.05 Å². The van der Waals surface area contributed by atoms with Crippen molar-refractivity contribution in [2.75, 3.05) is 26.5 Å². The summed E-state index contributed by atoms with van der Waals surface area (Å²) in [4.78, 5) is 10.9. The Labute approximate surface area is 78.7 Å². The second kappa shape index (κ2) is 5.18. The maximum absolute atomic E-state index is 10.9. The molecule has 0 fully saturated rings. The molecule has 0 N–H and O–H groups in total. The van der Waals surface area contributed by atoms with Crippen molar-refractivity contribution in [2.45, 2.75) is 13.3 Å². The van der Waals surface area contributed by atoms with Crippen molar-refractivity contribution in [3.63, 3.8) is 0 Å². The van der Waals surface area contributed by atoms with E-state index in [1.54, 1.807) is 0 Å². The van der Waals surface area contributed by atoms with Crippen LogP contribution in [0.25, 0.3) is 0 Å². The van der Waals surface area contributed by atoms with Crippen molar-refractivity contribution in [1.29, 1.82) is 0 Å². The minimum atomic E-state index is -3.29. The van der Waals surface area contributed by atoms with Gasteiger partial charge in [-0.1, -0.05) is 6.92 Å². The molecule has 0 aliphatic heterocycles. The molecule has 78 valence electrons. The maximum atomic E-state index is 10.9. The Balaban J connectivity index is 3.93. The van der Waals surface area contributed by atoms with Gasteiger partial charge in [-0.15, -0.1) is 0 Å². The van der Waals surface area contributed by atoms with E-state index in [0.717, 1.165) is 17.0 Å². The number of carbonyl (C=O) groups excluding carboxylic acids is 1. The van der Waals surface area contributed by atoms with Gasteiger partial charge >= 0.3 is 5.97 Å². The van der Waals surface area contributed by atoms with Crippen LogP contribution in [0.2, 0.25) is 0 Å². The number of ether oxygens (including phenoxy) is 1. The molecule has 0 aromatic carbocycles. The van der Waals surface area contributed by atoms with Crippen LogP contribution < -0.4 is 0 Å². The van der Waals surface area contributed by atoms with Crippen LogP contribution in [0.1, 0.15) is 13.3 Å². The Morgan fingerprint density at radius 2 is 2.00 bits per heavy atom. The van der Waals surface area contributed by atoms with Gasteiger partial charge in [-0.2, -0.15) is 4.31 Å². The van der Waals surface area contributed by atoms with E-state index in [0.29, 0.717) is 6.61 Å². The quantitative estimate of drug-likeness (QED) is 0.590. The van der Waals surface area contributed by atoms with Crippen molar-refractivity contribution >= 4 is 16.0 Å². The Morgan fingerprint density at radius 1 is 1.46 bits per heavy atom. The third-order valence-electron chi connectivity index (χ3n) is 1.39. The lowest BCUT2D eigenvalue weighted by Gasteiger charge is -2.12. The summed E-state index contributed by atoms with van der Waals surface area (Å²) >= 11 is 0. The Bertz CT molecular complexity index is 260. The highest BCUT2D eigenvalue weighted by Crippen LogP contribution is 1.93. The van der Waals surface area contributed by atoms with Crippen LogP contribution in [0, 0.1) is 0 Å². The van der Waals surface area contributed by atoms with E-state index in [4.69, 9.17) is 4.74 Å². The number of sulfonamides is 1. The highest BCUT2D eigenvalue weighted by atomic mass is 32.2. The SMILES string of the molecule is CCCOC(=O)CN(C)S(C)(=O)=O. The highest BCUT2D eigenvalue weighted by molar-refractivity contribution is 7.88. The van der Waals surface area contributed by atoms with Crippen LogP contribution in [0.4, 0.5) is 0 Å². The highest BCUT2D eigenvalue weighted by Gasteiger charge is 2.15. The summed E-state index contributed by atoms with van der Waals surface area (Å²) in [5.74, 6) is -0.519. The molecule has 0 saturated heterocycles. The predicted octanol–water partition coefficient (Wildman–Crippen LogP) is -0.169. The van der Waals surface area contributed by atoms with Crippen molar-refractivity contribution in [3.05, 3.63) is 0 Å². The van der Waals surface area contributed by atoms with E-state index in [1.807, 2.05) is 6.92 Å². The molecule has 0 aliphatic carbocycles. The summed E-state index contributed by atoms with van der Waals surface area (Å²) in [6.45, 7) is 1.98. The number of hydrogen-bond donors (Lipinski definition) is 0. The Kier molecular flexibility index (Phi) is 4.94. The lowest BCUT2D eigenvalue weighted by molar-refractivity contribution is -0.143. The topological polar surface area (TPSA) is 63.7 Å². The van der Waals surface area contributed by atoms with E-state index in [9.17, 15) is 13.2 Å². The first-order valence-electron chi connectivity index (χ1n) is 3.95. The van der Waals surface area contributed by atoms with Gasteiger partial charge < -0.3 is 4.74 Å². The van der Waals surface area contributed by atoms with Gasteiger partial charge in [0.15, 0.2) is 0 Å². The smallest absolute Gasteiger partial charge is 0.321 e. The standard InChI is InChI=1S/C7H15NO4S/c1-4-5-12-7(9)6-8(2)13(3,10)11/h4-6H2,1-3H3. The second-order valence-corrected chi connectivity index (χ2v) is 4.83. The molecule has 0 atom stereocenters. The molecule has 0 spiro atoms. The first-order chi connectivity index (χ1) is 5.88. The number of esters is 1. The predicted molar refractivity (Wildman–Crippen MR) is 48.7 cm³/mol. The summed E-state index contributed by atoms with van der Waals surface area (Å²) in [5, 5.41) is 0. The molecular weight excluding hydrogens is 194 g/mol. The van der Waals surface area contributed by atoms with Gasteiger partial charge in [0, 0.05) is 7.05 Å². The lowest BCUT2D eigenvalue weighted by Crippen LogP contribution is -2.32. The molecule has 5 nitrogen and oxygen atoms in total. The van der Waals surface area contributed by atoms with E-state index in [2.05, 4.69) is 0 Å². The third-order valence-corrected chi connectivity index (χ3v) is 2.65. The summed E-state index contributed by atoms with van der Waals surface area (Å²) in [5.41, 5.74) is 0. The molecule has 6 heteroatoms. The van der Waals surface area contributed by atoms with Crippen LogP contribution >= 0.6 is 0 Å². The molecule has 0 heterocycles. The molecule has 0 unspecified atom stereocenters. The first-order valence-corrected chi connectivity index (χ1v) is 5.79. The van der Waals surface area contributed by atoms with E-state index < -0.39 is 16.0 Å². The average Bonchev–Trinajstić information content (AvgIpc) is 1.99. The van der Waals surface area contributed by atoms with Gasteiger partial charge in [0.25, 0.3) is 0 Å². The monoisotopic (exact) mass is 209 g/mol. The maximum Gasteiger partial charge on any atom is 0.321 e. The number of hydrogen-bond acceptors (Lipinski definition) is 4. The summed E-state index contributed by atoms with van der Waals surface area (Å²) in [6, 6.07) is 0. The molecular formula is C7H15NO4S. The summed E-state index contributed by atoms with van der Waals surface area (Å²) in [7, 11) is -1.95. The van der Waals surface area contributed by atoms with Gasteiger partial charge in [-0.05, 0) is 6.42 Å². The fourth-order valence-corrected chi connectivity index (χ4v) is 0.901. The molecule has 13 heavy (non-hydrogen) atoms. The largest absolute Gasteiger partial charge is 0.465 e. The van der Waals surface area contributed by atoms with Crippen LogP contribution in [0.3, 0.4) is 0 Å². The number of carbonyl (C=O) groups is 1. The fraction of sp³-hybridized carbons (Fsp3) is 0.857. The number of rotatable bonds is 5.